The Balaban J connectivity index is 1.61. The molecule has 1 aliphatic heterocycles. The molecular weight excluding hydrogens is 342 g/mol. The van der Waals surface area contributed by atoms with Gasteiger partial charge in [-0.25, -0.2) is 4.79 Å². The Morgan fingerprint density at radius 2 is 1.67 bits per heavy atom. The average Bonchev–Trinajstić information content (AvgIpc) is 2.94. The van der Waals surface area contributed by atoms with Gasteiger partial charge in [0.05, 0.1) is 7.11 Å². The van der Waals surface area contributed by atoms with Crippen LogP contribution >= 0.6 is 0 Å². The normalized spacial score (nSPS) is 14.4. The maximum Gasteiger partial charge on any atom is 0.321 e. The van der Waals surface area contributed by atoms with Crippen LogP contribution in [0.15, 0.2) is 48.5 Å². The lowest BCUT2D eigenvalue weighted by Crippen LogP contribution is -2.39. The molecule has 6 nitrogen and oxygen atoms in total. The van der Waals surface area contributed by atoms with Crippen LogP contribution in [0, 0.1) is 6.92 Å². The van der Waals surface area contributed by atoms with Crippen LogP contribution in [0.5, 0.6) is 5.75 Å². The number of anilines is 1. The summed E-state index contributed by atoms with van der Waals surface area (Å²) in [5.41, 5.74) is 2.35. The van der Waals surface area contributed by atoms with Gasteiger partial charge in [-0.1, -0.05) is 18.2 Å². The number of hydrogen-bond acceptors (Lipinski definition) is 3. The molecule has 0 saturated carbocycles. The Labute approximate surface area is 159 Å². The van der Waals surface area contributed by atoms with E-state index in [2.05, 4.69) is 5.32 Å². The number of urea groups is 1. The second-order valence-corrected chi connectivity index (χ2v) is 6.61. The number of ether oxygens (including phenoxy) is 1. The van der Waals surface area contributed by atoms with Crippen molar-refractivity contribution < 1.29 is 14.3 Å². The summed E-state index contributed by atoms with van der Waals surface area (Å²) in [6.07, 6.45) is 0.753. The number of para-hydroxylation sites is 1. The number of benzene rings is 2. The number of amides is 3. The molecule has 0 radical (unpaired) electrons. The van der Waals surface area contributed by atoms with Gasteiger partial charge >= 0.3 is 6.03 Å². The van der Waals surface area contributed by atoms with Crippen molar-refractivity contribution in [2.24, 2.45) is 0 Å². The maximum absolute atomic E-state index is 12.8. The van der Waals surface area contributed by atoms with E-state index < -0.39 is 0 Å². The highest BCUT2D eigenvalue weighted by atomic mass is 16.5. The number of nitrogens with zero attached hydrogens (tertiary/aromatic N) is 2. The Morgan fingerprint density at radius 3 is 2.37 bits per heavy atom. The number of methoxy groups -OCH3 is 1. The molecule has 0 aliphatic carbocycles. The van der Waals surface area contributed by atoms with Crippen molar-refractivity contribution in [1.82, 2.24) is 9.80 Å². The molecule has 1 N–H and O–H groups in total. The fraction of sp³-hybridized carbons (Fsp3) is 0.333. The summed E-state index contributed by atoms with van der Waals surface area (Å²) in [7, 11) is 1.62. The van der Waals surface area contributed by atoms with E-state index in [1.165, 1.54) is 0 Å². The molecule has 142 valence electrons. The first-order valence-corrected chi connectivity index (χ1v) is 9.13. The SMILES string of the molecule is COc1ccc(C(=O)N2CCCN(C(=O)Nc3ccccc3)CC2)cc1C. The summed E-state index contributed by atoms with van der Waals surface area (Å²) in [4.78, 5) is 28.9. The first kappa shape index (κ1) is 18.8. The summed E-state index contributed by atoms with van der Waals surface area (Å²) in [6, 6.07) is 14.7. The lowest BCUT2D eigenvalue weighted by Gasteiger charge is -2.23. The van der Waals surface area contributed by atoms with Crippen LogP contribution < -0.4 is 10.1 Å². The third kappa shape index (κ3) is 4.58. The minimum absolute atomic E-state index is 0.00827. The monoisotopic (exact) mass is 367 g/mol. The summed E-state index contributed by atoms with van der Waals surface area (Å²) in [5, 5.41) is 2.90. The number of nitrogens with one attached hydrogen (secondary N) is 1. The second-order valence-electron chi connectivity index (χ2n) is 6.61. The second kappa shape index (κ2) is 8.58. The van der Waals surface area contributed by atoms with Crippen LogP contribution in [0.1, 0.15) is 22.3 Å². The zero-order valence-electron chi connectivity index (χ0n) is 15.8. The van der Waals surface area contributed by atoms with E-state index in [0.717, 1.165) is 23.4 Å². The largest absolute Gasteiger partial charge is 0.496 e. The van der Waals surface area contributed by atoms with Crippen molar-refractivity contribution in [3.8, 4) is 5.75 Å². The topological polar surface area (TPSA) is 61.9 Å². The number of carbonyl (C=O) groups is 2. The zero-order valence-corrected chi connectivity index (χ0v) is 15.8. The summed E-state index contributed by atoms with van der Waals surface area (Å²) >= 11 is 0. The van der Waals surface area contributed by atoms with Gasteiger partial charge in [-0.3, -0.25) is 4.79 Å². The van der Waals surface area contributed by atoms with E-state index in [1.54, 1.807) is 18.1 Å². The highest BCUT2D eigenvalue weighted by Gasteiger charge is 2.23. The Hall–Kier alpha value is -3.02. The molecule has 0 spiro atoms. The fourth-order valence-electron chi connectivity index (χ4n) is 3.24. The molecule has 0 atom stereocenters. The molecule has 0 aromatic heterocycles. The molecule has 3 rings (SSSR count). The summed E-state index contributed by atoms with van der Waals surface area (Å²) < 4.78 is 5.26. The van der Waals surface area contributed by atoms with Crippen LogP contribution in [0.4, 0.5) is 10.5 Å². The van der Waals surface area contributed by atoms with Crippen molar-refractivity contribution in [2.45, 2.75) is 13.3 Å². The van der Waals surface area contributed by atoms with Gasteiger partial charge in [0.1, 0.15) is 5.75 Å². The van der Waals surface area contributed by atoms with Gasteiger partial charge in [0, 0.05) is 37.4 Å². The molecule has 1 saturated heterocycles. The van der Waals surface area contributed by atoms with Crippen LogP contribution in [0.2, 0.25) is 0 Å². The minimum atomic E-state index is -0.129. The number of aryl methyl sites for hydroxylation is 1. The fourth-order valence-corrected chi connectivity index (χ4v) is 3.24. The van der Waals surface area contributed by atoms with Gasteiger partial charge < -0.3 is 19.9 Å². The van der Waals surface area contributed by atoms with Gasteiger partial charge in [0.15, 0.2) is 0 Å². The van der Waals surface area contributed by atoms with E-state index in [4.69, 9.17) is 4.74 Å². The van der Waals surface area contributed by atoms with E-state index in [0.29, 0.717) is 31.7 Å². The predicted octanol–water partition coefficient (Wildman–Crippen LogP) is 3.38. The zero-order chi connectivity index (χ0) is 19.2. The van der Waals surface area contributed by atoms with Gasteiger partial charge in [-0.2, -0.15) is 0 Å². The average molecular weight is 367 g/mol. The van der Waals surface area contributed by atoms with Crippen molar-refractivity contribution in [1.29, 1.82) is 0 Å². The molecule has 6 heteroatoms. The third-order valence-electron chi connectivity index (χ3n) is 4.74. The number of rotatable bonds is 3. The highest BCUT2D eigenvalue weighted by Crippen LogP contribution is 2.20. The maximum atomic E-state index is 12.8. The van der Waals surface area contributed by atoms with Gasteiger partial charge in [-0.05, 0) is 49.2 Å². The molecule has 1 aliphatic rings. The van der Waals surface area contributed by atoms with E-state index in [-0.39, 0.29) is 11.9 Å². The van der Waals surface area contributed by atoms with Crippen LogP contribution in [-0.4, -0.2) is 55.0 Å². The van der Waals surface area contributed by atoms with Gasteiger partial charge in [0.2, 0.25) is 0 Å². The summed E-state index contributed by atoms with van der Waals surface area (Å²) in [6.45, 7) is 4.22. The van der Waals surface area contributed by atoms with Gasteiger partial charge in [-0.15, -0.1) is 0 Å². The summed E-state index contributed by atoms with van der Waals surface area (Å²) in [5.74, 6) is 0.761. The molecule has 1 heterocycles. The van der Waals surface area contributed by atoms with Crippen LogP contribution in [-0.2, 0) is 0 Å². The highest BCUT2D eigenvalue weighted by molar-refractivity contribution is 5.95. The molecule has 2 aromatic carbocycles. The lowest BCUT2D eigenvalue weighted by atomic mass is 10.1. The van der Waals surface area contributed by atoms with Crippen molar-refractivity contribution in [2.75, 3.05) is 38.6 Å². The lowest BCUT2D eigenvalue weighted by molar-refractivity contribution is 0.0762. The molecule has 0 bridgehead atoms. The van der Waals surface area contributed by atoms with Crippen molar-refractivity contribution in [3.63, 3.8) is 0 Å². The standard InChI is InChI=1S/C21H25N3O3/c1-16-15-17(9-10-19(16)27-2)20(25)23-11-6-12-24(14-13-23)21(26)22-18-7-4-3-5-8-18/h3-5,7-10,15H,6,11-14H2,1-2H3,(H,22,26). The number of hydrogen-bond donors (Lipinski definition) is 1. The van der Waals surface area contributed by atoms with Crippen molar-refractivity contribution >= 4 is 17.6 Å². The molecule has 27 heavy (non-hydrogen) atoms. The molecule has 3 amide bonds. The smallest absolute Gasteiger partial charge is 0.321 e. The first-order valence-electron chi connectivity index (χ1n) is 9.13. The molecule has 0 unspecified atom stereocenters. The first-order chi connectivity index (χ1) is 13.1. The third-order valence-corrected chi connectivity index (χ3v) is 4.74. The molecule has 1 fully saturated rings. The van der Waals surface area contributed by atoms with E-state index >= 15 is 0 Å². The quantitative estimate of drug-likeness (QED) is 0.905. The van der Waals surface area contributed by atoms with Crippen LogP contribution in [0.25, 0.3) is 0 Å². The van der Waals surface area contributed by atoms with Crippen molar-refractivity contribution in [3.05, 3.63) is 59.7 Å². The minimum Gasteiger partial charge on any atom is -0.496 e. The predicted molar refractivity (Wildman–Crippen MR) is 105 cm³/mol. The number of carbonyl (C=O) groups excluding carboxylic acids is 2. The molecular formula is C21H25N3O3. The van der Waals surface area contributed by atoms with Gasteiger partial charge in [0.25, 0.3) is 5.91 Å². The van der Waals surface area contributed by atoms with Crippen LogP contribution in [0.3, 0.4) is 0 Å². The Bertz CT molecular complexity index is 808. The van der Waals surface area contributed by atoms with E-state index in [9.17, 15) is 9.59 Å². The van der Waals surface area contributed by atoms with E-state index in [1.807, 2.05) is 54.3 Å². The Morgan fingerprint density at radius 1 is 0.963 bits per heavy atom. The Kier molecular flexibility index (Phi) is 5.96. The molecule has 2 aromatic rings.